The van der Waals surface area contributed by atoms with Gasteiger partial charge in [-0.25, -0.2) is 9.78 Å². The van der Waals surface area contributed by atoms with Crippen molar-refractivity contribution in [1.29, 1.82) is 5.26 Å². The van der Waals surface area contributed by atoms with E-state index in [9.17, 15) is 10.1 Å². The van der Waals surface area contributed by atoms with Crippen LogP contribution in [0.2, 0.25) is 5.02 Å². The summed E-state index contributed by atoms with van der Waals surface area (Å²) in [5, 5.41) is 11.0. The number of fused-ring (bicyclic) bond motifs is 3. The third kappa shape index (κ3) is 3.28. The summed E-state index contributed by atoms with van der Waals surface area (Å²) in [6, 6.07) is 15.1. The van der Waals surface area contributed by atoms with E-state index in [4.69, 9.17) is 16.3 Å². The lowest BCUT2D eigenvalue weighted by atomic mass is 9.95. The lowest BCUT2D eigenvalue weighted by molar-refractivity contribution is 0.0527. The molecular weight excluding hydrogens is 386 g/mol. The molecule has 0 amide bonds. The lowest BCUT2D eigenvalue weighted by Gasteiger charge is -2.08. The van der Waals surface area contributed by atoms with Crippen molar-refractivity contribution in [2.75, 3.05) is 6.61 Å². The van der Waals surface area contributed by atoms with Gasteiger partial charge in [-0.1, -0.05) is 41.4 Å². The van der Waals surface area contributed by atoms with Gasteiger partial charge in [0.25, 0.3) is 0 Å². The van der Waals surface area contributed by atoms with Crippen LogP contribution in [-0.4, -0.2) is 22.5 Å². The van der Waals surface area contributed by atoms with Gasteiger partial charge < -0.3 is 4.74 Å². The van der Waals surface area contributed by atoms with Gasteiger partial charge in [0.15, 0.2) is 0 Å². The smallest absolute Gasteiger partial charge is 0.340 e. The minimum Gasteiger partial charge on any atom is -0.462 e. The third-order valence-corrected chi connectivity index (χ3v) is 4.94. The van der Waals surface area contributed by atoms with Crippen molar-refractivity contribution in [1.82, 2.24) is 9.97 Å². The van der Waals surface area contributed by atoms with E-state index in [-0.39, 0.29) is 17.9 Å². The highest BCUT2D eigenvalue weighted by molar-refractivity contribution is 6.31. The van der Waals surface area contributed by atoms with Gasteiger partial charge in [0, 0.05) is 27.7 Å². The number of carbonyl (C=O) groups excluding carboxylic acids is 1. The molecule has 0 spiro atoms. The summed E-state index contributed by atoms with van der Waals surface area (Å²) in [7, 11) is 0. The molecule has 2 aromatic rings. The number of hydrogen-bond acceptors (Lipinski definition) is 5. The number of halogens is 1. The van der Waals surface area contributed by atoms with E-state index >= 15 is 0 Å². The Morgan fingerprint density at radius 3 is 2.62 bits per heavy atom. The van der Waals surface area contributed by atoms with Crippen LogP contribution in [0.3, 0.4) is 0 Å². The molecule has 2 aromatic carbocycles. The molecule has 29 heavy (non-hydrogen) atoms. The first-order valence-electron chi connectivity index (χ1n) is 9.09. The van der Waals surface area contributed by atoms with Crippen molar-refractivity contribution >= 4 is 28.5 Å². The number of nitriles is 1. The molecule has 0 aliphatic carbocycles. The molecule has 2 aliphatic rings. The zero-order valence-electron chi connectivity index (χ0n) is 15.9. The van der Waals surface area contributed by atoms with E-state index in [1.54, 1.807) is 25.1 Å². The van der Waals surface area contributed by atoms with Crippen molar-refractivity contribution < 1.29 is 9.53 Å². The maximum absolute atomic E-state index is 12.8. The van der Waals surface area contributed by atoms with Crippen LogP contribution in [0.1, 0.15) is 28.5 Å². The number of carbonyl (C=O) groups is 1. The molecule has 0 unspecified atom stereocenters. The number of ether oxygens (including phenoxy) is 1. The molecule has 0 saturated heterocycles. The van der Waals surface area contributed by atoms with E-state index in [1.807, 2.05) is 31.2 Å². The summed E-state index contributed by atoms with van der Waals surface area (Å²) >= 11 is 6.22. The van der Waals surface area contributed by atoms with Gasteiger partial charge in [-0.15, -0.1) is 0 Å². The highest BCUT2D eigenvalue weighted by Gasteiger charge is 2.27. The first-order chi connectivity index (χ1) is 14.0. The second-order valence-corrected chi connectivity index (χ2v) is 7.03. The second kappa shape index (κ2) is 7.50. The molecule has 6 heteroatoms. The Morgan fingerprint density at radius 1 is 1.17 bits per heavy atom. The average Bonchev–Trinajstić information content (AvgIpc) is 3.01. The summed E-state index contributed by atoms with van der Waals surface area (Å²) in [6.07, 6.45) is 1.48. The van der Waals surface area contributed by atoms with E-state index in [1.165, 1.54) is 6.20 Å². The Balaban J connectivity index is 2.16. The molecule has 142 valence electrons. The summed E-state index contributed by atoms with van der Waals surface area (Å²) in [5.41, 5.74) is 4.62. The van der Waals surface area contributed by atoms with Crippen molar-refractivity contribution in [2.45, 2.75) is 13.8 Å². The molecule has 0 N–H and O–H groups in total. The Labute approximate surface area is 172 Å². The fourth-order valence-corrected chi connectivity index (χ4v) is 3.54. The second-order valence-electron chi connectivity index (χ2n) is 6.59. The zero-order valence-corrected chi connectivity index (χ0v) is 16.6. The van der Waals surface area contributed by atoms with Gasteiger partial charge in [0.2, 0.25) is 0 Å². The van der Waals surface area contributed by atoms with Crippen LogP contribution < -0.4 is 0 Å². The maximum atomic E-state index is 12.8. The van der Waals surface area contributed by atoms with Crippen LogP contribution in [-0.2, 0) is 4.74 Å². The van der Waals surface area contributed by atoms with Gasteiger partial charge in [0.1, 0.15) is 11.8 Å². The van der Waals surface area contributed by atoms with E-state index in [0.717, 1.165) is 11.1 Å². The quantitative estimate of drug-likeness (QED) is 0.429. The topological polar surface area (TPSA) is 75.9 Å². The summed E-state index contributed by atoms with van der Waals surface area (Å²) < 4.78 is 5.27. The summed E-state index contributed by atoms with van der Waals surface area (Å²) in [4.78, 5) is 21.8. The number of aryl methyl sites for hydroxylation is 1. The van der Waals surface area contributed by atoms with Gasteiger partial charge in [-0.05, 0) is 37.6 Å². The fraction of sp³-hybridized carbons (Fsp3) is 0.130. The van der Waals surface area contributed by atoms with E-state index in [0.29, 0.717) is 32.7 Å². The summed E-state index contributed by atoms with van der Waals surface area (Å²) in [5.74, 6) is -0.512. The molecular formula is C23H16ClN3O2. The first-order valence-corrected chi connectivity index (χ1v) is 9.47. The maximum Gasteiger partial charge on any atom is 0.340 e. The number of hydrogen-bond donors (Lipinski definition) is 0. The van der Waals surface area contributed by atoms with Crippen LogP contribution >= 0.6 is 11.6 Å². The van der Waals surface area contributed by atoms with Crippen LogP contribution in [0, 0.1) is 18.3 Å². The molecule has 0 bridgehead atoms. The Bertz CT molecular complexity index is 1260. The van der Waals surface area contributed by atoms with Crippen molar-refractivity contribution in [3.8, 4) is 28.5 Å². The normalized spacial score (nSPS) is 10.8. The number of nitrogens with zero attached hydrogens (tertiary/aromatic N) is 3. The van der Waals surface area contributed by atoms with E-state index < -0.39 is 5.97 Å². The minimum atomic E-state index is -0.512. The highest BCUT2D eigenvalue weighted by Crippen LogP contribution is 2.42. The number of aromatic nitrogens is 2. The van der Waals surface area contributed by atoms with Gasteiger partial charge in [-0.3, -0.25) is 4.98 Å². The molecule has 0 radical (unpaired) electrons. The molecule has 2 aliphatic heterocycles. The Kier molecular flexibility index (Phi) is 4.87. The minimum absolute atomic E-state index is 0.226. The monoisotopic (exact) mass is 401 g/mol. The SMILES string of the molecule is CCOC(=O)c1cnc2ccc(Cl)cc2c2nc(C#N)c(-c3ccc(C)cc3)c1-2. The molecule has 2 heterocycles. The van der Waals surface area contributed by atoms with Crippen molar-refractivity contribution in [2.24, 2.45) is 0 Å². The van der Waals surface area contributed by atoms with Gasteiger partial charge in [0.05, 0.1) is 23.4 Å². The average molecular weight is 402 g/mol. The molecule has 5 nitrogen and oxygen atoms in total. The van der Waals surface area contributed by atoms with Gasteiger partial charge >= 0.3 is 5.97 Å². The molecule has 0 saturated carbocycles. The standard InChI is InChI=1S/C23H16ClN3O2/c1-3-29-23(28)17-12-26-18-9-8-15(24)10-16(18)22-21(17)20(19(11-25)27-22)14-6-4-13(2)5-7-14/h4-10,12H,3H2,1-2H3. The van der Waals surface area contributed by atoms with Crippen LogP contribution in [0.15, 0.2) is 48.7 Å². The summed E-state index contributed by atoms with van der Waals surface area (Å²) in [6.45, 7) is 3.95. The van der Waals surface area contributed by atoms with Crippen molar-refractivity contribution in [3.63, 3.8) is 0 Å². The number of benzene rings is 2. The van der Waals surface area contributed by atoms with Crippen LogP contribution in [0.5, 0.6) is 0 Å². The lowest BCUT2D eigenvalue weighted by Crippen LogP contribution is -2.06. The predicted molar refractivity (Wildman–Crippen MR) is 112 cm³/mol. The third-order valence-electron chi connectivity index (χ3n) is 4.70. The van der Waals surface area contributed by atoms with Crippen molar-refractivity contribution in [3.05, 3.63) is 70.5 Å². The number of esters is 1. The fourth-order valence-electron chi connectivity index (χ4n) is 3.37. The first kappa shape index (κ1) is 18.9. The van der Waals surface area contributed by atoms with Gasteiger partial charge in [-0.2, -0.15) is 5.26 Å². The largest absolute Gasteiger partial charge is 0.462 e. The Hall–Kier alpha value is -3.49. The molecule has 0 atom stereocenters. The predicted octanol–water partition coefficient (Wildman–Crippen LogP) is 5.41. The molecule has 4 rings (SSSR count). The highest BCUT2D eigenvalue weighted by atomic mass is 35.5. The molecule has 0 aromatic heterocycles. The number of rotatable bonds is 3. The van der Waals surface area contributed by atoms with E-state index in [2.05, 4.69) is 16.0 Å². The van der Waals surface area contributed by atoms with Crippen LogP contribution in [0.4, 0.5) is 0 Å². The molecule has 0 fully saturated rings. The van der Waals surface area contributed by atoms with Crippen LogP contribution in [0.25, 0.3) is 33.3 Å². The Morgan fingerprint density at radius 2 is 1.93 bits per heavy atom. The zero-order chi connectivity index (χ0) is 20.5.